The predicted octanol–water partition coefficient (Wildman–Crippen LogP) is 2.28. The maximum atomic E-state index is 12.4. The molecule has 0 aliphatic carbocycles. The molecular weight excluding hydrogens is 332 g/mol. The molecular formula is C19H26N4O3. The Morgan fingerprint density at radius 3 is 2.50 bits per heavy atom. The lowest BCUT2D eigenvalue weighted by molar-refractivity contribution is -0.155. The van der Waals surface area contributed by atoms with Crippen molar-refractivity contribution in [3.63, 3.8) is 0 Å². The summed E-state index contributed by atoms with van der Waals surface area (Å²) >= 11 is 0. The number of rotatable bonds is 7. The number of ether oxygens (including phenoxy) is 1. The highest BCUT2D eigenvalue weighted by Gasteiger charge is 2.20. The van der Waals surface area contributed by atoms with E-state index in [1.54, 1.807) is 7.05 Å². The van der Waals surface area contributed by atoms with Gasteiger partial charge >= 0.3 is 5.97 Å². The largest absolute Gasteiger partial charge is 0.460 e. The highest BCUT2D eigenvalue weighted by atomic mass is 16.6. The fraction of sp³-hybridized carbons (Fsp3) is 0.474. The fourth-order valence-electron chi connectivity index (χ4n) is 2.52. The molecule has 0 fully saturated rings. The van der Waals surface area contributed by atoms with Crippen LogP contribution in [0.15, 0.2) is 36.5 Å². The molecule has 1 unspecified atom stereocenters. The number of carbonyl (C=O) groups excluding carboxylic acids is 2. The van der Waals surface area contributed by atoms with Crippen LogP contribution in [0.2, 0.25) is 0 Å². The molecule has 0 aliphatic heterocycles. The number of benzene rings is 1. The first-order chi connectivity index (χ1) is 12.2. The van der Waals surface area contributed by atoms with Crippen LogP contribution in [-0.2, 0) is 23.0 Å². The molecule has 1 aromatic carbocycles. The number of carbonyl (C=O) groups is 2. The summed E-state index contributed by atoms with van der Waals surface area (Å²) in [5.74, 6) is -0.576. The van der Waals surface area contributed by atoms with Crippen LogP contribution < -0.4 is 5.32 Å². The van der Waals surface area contributed by atoms with E-state index in [2.05, 4.69) is 15.5 Å². The Bertz CT molecular complexity index is 735. The van der Waals surface area contributed by atoms with Gasteiger partial charge in [0, 0.05) is 19.5 Å². The number of hydrogen-bond acceptors (Lipinski definition) is 5. The fourth-order valence-corrected chi connectivity index (χ4v) is 2.52. The Morgan fingerprint density at radius 1 is 1.23 bits per heavy atom. The summed E-state index contributed by atoms with van der Waals surface area (Å²) in [6.07, 6.45) is 2.75. The molecule has 26 heavy (non-hydrogen) atoms. The average Bonchev–Trinajstić information content (AvgIpc) is 2.98. The Kier molecular flexibility index (Phi) is 6.49. The van der Waals surface area contributed by atoms with Gasteiger partial charge in [-0.05, 0) is 39.2 Å². The second-order valence-corrected chi connectivity index (χ2v) is 7.20. The molecule has 7 nitrogen and oxygen atoms in total. The van der Waals surface area contributed by atoms with Gasteiger partial charge in [0.25, 0.3) is 5.91 Å². The van der Waals surface area contributed by atoms with Gasteiger partial charge in [0.15, 0.2) is 5.69 Å². The summed E-state index contributed by atoms with van der Waals surface area (Å²) < 4.78 is 5.35. The molecule has 0 spiro atoms. The molecule has 2 rings (SSSR count). The topological polar surface area (TPSA) is 86.1 Å². The summed E-state index contributed by atoms with van der Waals surface area (Å²) in [6.45, 7) is 5.51. The number of nitrogens with zero attached hydrogens (tertiary/aromatic N) is 3. The molecule has 0 saturated heterocycles. The minimum absolute atomic E-state index is 0.209. The van der Waals surface area contributed by atoms with E-state index in [4.69, 9.17) is 4.74 Å². The van der Waals surface area contributed by atoms with Crippen LogP contribution in [-0.4, -0.2) is 38.5 Å². The van der Waals surface area contributed by atoms with E-state index in [1.807, 2.05) is 51.1 Å². The van der Waals surface area contributed by atoms with E-state index in [0.717, 1.165) is 5.56 Å². The summed E-state index contributed by atoms with van der Waals surface area (Å²) in [6, 6.07) is 9.62. The lowest BCUT2D eigenvalue weighted by atomic mass is 10.0. The van der Waals surface area contributed by atoms with E-state index in [1.165, 1.54) is 11.0 Å². The number of amides is 1. The zero-order valence-corrected chi connectivity index (χ0v) is 15.7. The first-order valence-corrected chi connectivity index (χ1v) is 8.66. The predicted molar refractivity (Wildman–Crippen MR) is 97.5 cm³/mol. The van der Waals surface area contributed by atoms with Crippen molar-refractivity contribution < 1.29 is 14.3 Å². The van der Waals surface area contributed by atoms with Crippen molar-refractivity contribution in [2.24, 2.45) is 7.05 Å². The number of aromatic nitrogens is 3. The van der Waals surface area contributed by atoms with Crippen LogP contribution in [0.25, 0.3) is 0 Å². The van der Waals surface area contributed by atoms with Crippen LogP contribution in [0.1, 0.15) is 49.7 Å². The molecule has 0 saturated carbocycles. The zero-order chi connectivity index (χ0) is 19.2. The van der Waals surface area contributed by atoms with Gasteiger partial charge in [-0.3, -0.25) is 9.59 Å². The maximum Gasteiger partial charge on any atom is 0.306 e. The van der Waals surface area contributed by atoms with Crippen LogP contribution in [0.5, 0.6) is 0 Å². The highest BCUT2D eigenvalue weighted by molar-refractivity contribution is 5.92. The molecule has 0 radical (unpaired) electrons. The average molecular weight is 358 g/mol. The molecule has 1 aromatic heterocycles. The van der Waals surface area contributed by atoms with Crippen molar-refractivity contribution in [2.45, 2.75) is 51.7 Å². The number of nitrogens with one attached hydrogen (secondary N) is 1. The van der Waals surface area contributed by atoms with Crippen LogP contribution in [0.4, 0.5) is 0 Å². The first kappa shape index (κ1) is 19.6. The van der Waals surface area contributed by atoms with Crippen molar-refractivity contribution in [2.75, 3.05) is 0 Å². The SMILES string of the molecule is Cn1ncc(C(=O)NC(CCC(=O)OC(C)(C)C)Cc2ccccc2)n1. The number of esters is 1. The Balaban J connectivity index is 2.01. The second-order valence-electron chi connectivity index (χ2n) is 7.20. The van der Waals surface area contributed by atoms with E-state index < -0.39 is 5.60 Å². The Hall–Kier alpha value is -2.70. The molecule has 1 amide bonds. The normalized spacial score (nSPS) is 12.5. The molecule has 140 valence electrons. The third-order valence-electron chi connectivity index (χ3n) is 3.61. The van der Waals surface area contributed by atoms with Crippen molar-refractivity contribution >= 4 is 11.9 Å². The minimum atomic E-state index is -0.519. The van der Waals surface area contributed by atoms with Gasteiger partial charge < -0.3 is 10.1 Å². The monoisotopic (exact) mass is 358 g/mol. The quantitative estimate of drug-likeness (QED) is 0.768. The standard InChI is InChI=1S/C19H26N4O3/c1-19(2,3)26-17(24)11-10-15(12-14-8-6-5-7-9-14)21-18(25)16-13-20-23(4)22-16/h5-9,13,15H,10-12H2,1-4H3,(H,21,25). The van der Waals surface area contributed by atoms with Crippen molar-refractivity contribution in [3.05, 3.63) is 47.8 Å². The van der Waals surface area contributed by atoms with Gasteiger partial charge in [-0.1, -0.05) is 30.3 Å². The third-order valence-corrected chi connectivity index (χ3v) is 3.61. The summed E-state index contributed by atoms with van der Waals surface area (Å²) in [5.41, 5.74) is 0.818. The van der Waals surface area contributed by atoms with Gasteiger partial charge in [-0.2, -0.15) is 9.90 Å². The Labute approximate surface area is 153 Å². The highest BCUT2D eigenvalue weighted by Crippen LogP contribution is 2.13. The zero-order valence-electron chi connectivity index (χ0n) is 15.7. The van der Waals surface area contributed by atoms with Crippen LogP contribution in [0.3, 0.4) is 0 Å². The lowest BCUT2D eigenvalue weighted by Crippen LogP contribution is -2.37. The van der Waals surface area contributed by atoms with Crippen LogP contribution in [0, 0.1) is 0 Å². The van der Waals surface area contributed by atoms with Gasteiger partial charge in [0.1, 0.15) is 5.60 Å². The molecule has 1 atom stereocenters. The molecule has 2 aromatic rings. The smallest absolute Gasteiger partial charge is 0.306 e. The first-order valence-electron chi connectivity index (χ1n) is 8.66. The maximum absolute atomic E-state index is 12.4. The van der Waals surface area contributed by atoms with E-state index in [-0.39, 0.29) is 30.0 Å². The summed E-state index contributed by atoms with van der Waals surface area (Å²) in [4.78, 5) is 25.7. The van der Waals surface area contributed by atoms with Gasteiger partial charge in [0.05, 0.1) is 6.20 Å². The van der Waals surface area contributed by atoms with Gasteiger partial charge in [0.2, 0.25) is 0 Å². The molecule has 1 N–H and O–H groups in total. The van der Waals surface area contributed by atoms with Gasteiger partial charge in [-0.15, -0.1) is 5.10 Å². The number of aryl methyl sites for hydroxylation is 1. The molecule has 1 heterocycles. The Morgan fingerprint density at radius 2 is 1.92 bits per heavy atom. The number of hydrogen-bond donors (Lipinski definition) is 1. The van der Waals surface area contributed by atoms with E-state index >= 15 is 0 Å². The minimum Gasteiger partial charge on any atom is -0.460 e. The van der Waals surface area contributed by atoms with E-state index in [0.29, 0.717) is 12.8 Å². The summed E-state index contributed by atoms with van der Waals surface area (Å²) in [5, 5.41) is 10.9. The molecule has 0 aliphatic rings. The summed E-state index contributed by atoms with van der Waals surface area (Å²) in [7, 11) is 1.65. The third kappa shape index (κ3) is 6.66. The van der Waals surface area contributed by atoms with Crippen molar-refractivity contribution in [1.29, 1.82) is 0 Å². The van der Waals surface area contributed by atoms with Gasteiger partial charge in [-0.25, -0.2) is 0 Å². The lowest BCUT2D eigenvalue weighted by Gasteiger charge is -2.21. The second kappa shape index (κ2) is 8.60. The molecule has 0 bridgehead atoms. The van der Waals surface area contributed by atoms with E-state index in [9.17, 15) is 9.59 Å². The van der Waals surface area contributed by atoms with Crippen molar-refractivity contribution in [1.82, 2.24) is 20.3 Å². The van der Waals surface area contributed by atoms with Crippen LogP contribution >= 0.6 is 0 Å². The van der Waals surface area contributed by atoms with Crippen molar-refractivity contribution in [3.8, 4) is 0 Å². The molecule has 7 heteroatoms.